The fourth-order valence-corrected chi connectivity index (χ4v) is 6.51. The van der Waals surface area contributed by atoms with Crippen LogP contribution in [0.3, 0.4) is 0 Å². The molecule has 0 radical (unpaired) electrons. The quantitative estimate of drug-likeness (QED) is 0.689. The molecule has 0 bridgehead atoms. The van der Waals surface area contributed by atoms with Crippen LogP contribution in [0.1, 0.15) is 52.4 Å². The summed E-state index contributed by atoms with van der Waals surface area (Å²) in [6.07, 6.45) is 10.3. The minimum atomic E-state index is -0.0511. The van der Waals surface area contributed by atoms with Gasteiger partial charge in [0, 0.05) is 30.3 Å². The van der Waals surface area contributed by atoms with E-state index in [1.165, 1.54) is 6.42 Å². The Morgan fingerprint density at radius 2 is 1.86 bits per heavy atom. The molecule has 0 N–H and O–H groups in total. The fourth-order valence-electron chi connectivity index (χ4n) is 6.51. The normalized spacial score (nSPS) is 50.6. The number of ketones is 1. The minimum Gasteiger partial charge on any atom is -0.338 e. The summed E-state index contributed by atoms with van der Waals surface area (Å²) in [5.41, 5.74) is 0.0447. The van der Waals surface area contributed by atoms with Crippen molar-refractivity contribution >= 4 is 11.7 Å². The number of likely N-dealkylation sites (N-methyl/N-ethyl adjacent to an activating group) is 1. The molecule has 0 aromatic heterocycles. The lowest BCUT2D eigenvalue weighted by Crippen LogP contribution is -2.59. The Balaban J connectivity index is 1.71. The van der Waals surface area contributed by atoms with E-state index in [9.17, 15) is 9.59 Å². The van der Waals surface area contributed by atoms with Gasteiger partial charge in [-0.1, -0.05) is 19.9 Å². The molecule has 3 heteroatoms. The van der Waals surface area contributed by atoms with Gasteiger partial charge in [0.25, 0.3) is 0 Å². The van der Waals surface area contributed by atoms with E-state index < -0.39 is 0 Å². The van der Waals surface area contributed by atoms with Gasteiger partial charge in [-0.15, -0.1) is 0 Å². The van der Waals surface area contributed by atoms with Crippen LogP contribution < -0.4 is 0 Å². The van der Waals surface area contributed by atoms with Crippen molar-refractivity contribution in [2.24, 2.45) is 28.6 Å². The molecule has 1 heterocycles. The van der Waals surface area contributed by atoms with Gasteiger partial charge in [0.15, 0.2) is 0 Å². The van der Waals surface area contributed by atoms with Gasteiger partial charge in [0.05, 0.1) is 0 Å². The summed E-state index contributed by atoms with van der Waals surface area (Å²) in [4.78, 5) is 26.4. The molecule has 4 unspecified atom stereocenters. The minimum absolute atomic E-state index is 0.0511. The van der Waals surface area contributed by atoms with Crippen LogP contribution in [0.2, 0.25) is 0 Å². The Morgan fingerprint density at radius 1 is 1.09 bits per heavy atom. The van der Waals surface area contributed by atoms with Gasteiger partial charge in [0.2, 0.25) is 5.91 Å². The molecule has 4 rings (SSSR count). The van der Waals surface area contributed by atoms with E-state index in [0.717, 1.165) is 32.1 Å². The van der Waals surface area contributed by atoms with Gasteiger partial charge in [-0.25, -0.2) is 0 Å². The number of fused-ring (bicyclic) bond motifs is 5. The summed E-state index contributed by atoms with van der Waals surface area (Å²) >= 11 is 0. The van der Waals surface area contributed by atoms with Crippen LogP contribution in [0.5, 0.6) is 0 Å². The lowest BCUT2D eigenvalue weighted by atomic mass is 9.48. The van der Waals surface area contributed by atoms with Gasteiger partial charge in [0.1, 0.15) is 5.78 Å². The highest BCUT2D eigenvalue weighted by atomic mass is 16.2. The van der Waals surface area contributed by atoms with Crippen molar-refractivity contribution in [1.82, 2.24) is 4.90 Å². The first-order valence-electron chi connectivity index (χ1n) is 8.87. The third-order valence-corrected chi connectivity index (χ3v) is 7.84. The van der Waals surface area contributed by atoms with Crippen molar-refractivity contribution in [3.63, 3.8) is 0 Å². The Hall–Kier alpha value is -1.12. The first kappa shape index (κ1) is 14.5. The molecule has 6 atom stereocenters. The van der Waals surface area contributed by atoms with Gasteiger partial charge >= 0.3 is 0 Å². The molecule has 0 spiro atoms. The summed E-state index contributed by atoms with van der Waals surface area (Å²) in [5, 5.41) is 0. The third kappa shape index (κ3) is 1.63. The maximum Gasteiger partial charge on any atom is 0.246 e. The Labute approximate surface area is 133 Å². The van der Waals surface area contributed by atoms with Crippen molar-refractivity contribution in [3.8, 4) is 0 Å². The maximum absolute atomic E-state index is 12.4. The lowest BCUT2D eigenvalue weighted by Gasteiger charge is -2.59. The Kier molecular flexibility index (Phi) is 2.93. The molecule has 1 amide bonds. The average Bonchev–Trinajstić information content (AvgIpc) is 2.79. The van der Waals surface area contributed by atoms with E-state index in [1.54, 1.807) is 6.08 Å². The second kappa shape index (κ2) is 4.46. The molecule has 1 aliphatic heterocycles. The fraction of sp³-hybridized carbons (Fsp3) is 0.789. The van der Waals surface area contributed by atoms with Crippen molar-refractivity contribution in [1.29, 1.82) is 0 Å². The molecular formula is C19H27NO2. The van der Waals surface area contributed by atoms with Gasteiger partial charge in [-0.05, 0) is 55.9 Å². The van der Waals surface area contributed by atoms with Crippen LogP contribution in [0.15, 0.2) is 12.2 Å². The molecule has 0 saturated heterocycles. The first-order valence-corrected chi connectivity index (χ1v) is 8.87. The standard InChI is InChI=1S/C19H27NO2/c1-18-11-9-17(22)20(3)15(18)6-4-12-13-5-7-16(21)19(13,2)10-8-14(12)18/h9,11-15H,4-8,10H2,1-3H3/t12?,13?,14?,15?,18-,19+/m1/s1. The number of rotatable bonds is 0. The van der Waals surface area contributed by atoms with Crippen molar-refractivity contribution in [2.75, 3.05) is 7.05 Å². The summed E-state index contributed by atoms with van der Waals surface area (Å²) in [7, 11) is 1.96. The van der Waals surface area contributed by atoms with E-state index in [0.29, 0.717) is 29.6 Å². The predicted molar refractivity (Wildman–Crippen MR) is 85.1 cm³/mol. The summed E-state index contributed by atoms with van der Waals surface area (Å²) < 4.78 is 0. The largest absolute Gasteiger partial charge is 0.338 e. The van der Waals surface area contributed by atoms with Gasteiger partial charge < -0.3 is 4.90 Å². The van der Waals surface area contributed by atoms with E-state index >= 15 is 0 Å². The highest BCUT2D eigenvalue weighted by Crippen LogP contribution is 2.62. The second-order valence-electron chi connectivity index (χ2n) is 8.54. The van der Waals surface area contributed by atoms with Crippen molar-refractivity contribution < 1.29 is 9.59 Å². The molecule has 0 aromatic rings. The molecule has 3 fully saturated rings. The second-order valence-corrected chi connectivity index (χ2v) is 8.54. The molecule has 22 heavy (non-hydrogen) atoms. The van der Waals surface area contributed by atoms with Crippen LogP contribution in [0.4, 0.5) is 0 Å². The summed E-state index contributed by atoms with van der Waals surface area (Å²) in [6, 6.07) is 0.340. The summed E-state index contributed by atoms with van der Waals surface area (Å²) in [6.45, 7) is 4.58. The maximum atomic E-state index is 12.4. The van der Waals surface area contributed by atoms with Crippen LogP contribution in [-0.4, -0.2) is 29.7 Å². The number of amides is 1. The summed E-state index contributed by atoms with van der Waals surface area (Å²) in [5.74, 6) is 2.53. The SMILES string of the molecule is CN1C(=O)C=C[C@]2(C)C3CC[C@]4(C)C(=O)CCC4C3CCC12. The van der Waals surface area contributed by atoms with Crippen molar-refractivity contribution in [3.05, 3.63) is 12.2 Å². The molecular weight excluding hydrogens is 274 g/mol. The average molecular weight is 301 g/mol. The number of carbonyl (C=O) groups is 2. The van der Waals surface area contributed by atoms with Gasteiger partial charge in [-0.2, -0.15) is 0 Å². The zero-order chi connectivity index (χ0) is 15.7. The first-order chi connectivity index (χ1) is 10.4. The van der Waals surface area contributed by atoms with E-state index in [2.05, 4.69) is 19.9 Å². The number of nitrogens with zero attached hydrogens (tertiary/aromatic N) is 1. The van der Waals surface area contributed by atoms with E-state index in [-0.39, 0.29) is 16.7 Å². The lowest BCUT2D eigenvalue weighted by molar-refractivity contribution is -0.141. The number of Topliss-reactive ketones (excluding diaryl/α,β-unsaturated/α-hetero) is 1. The third-order valence-electron chi connectivity index (χ3n) is 7.84. The molecule has 120 valence electrons. The molecule has 3 aliphatic carbocycles. The zero-order valence-electron chi connectivity index (χ0n) is 14.0. The molecule has 3 saturated carbocycles. The van der Waals surface area contributed by atoms with E-state index in [4.69, 9.17) is 0 Å². The Morgan fingerprint density at radius 3 is 2.64 bits per heavy atom. The van der Waals surface area contributed by atoms with Crippen LogP contribution in [0.25, 0.3) is 0 Å². The number of hydrogen-bond donors (Lipinski definition) is 0. The van der Waals surface area contributed by atoms with E-state index in [1.807, 2.05) is 11.9 Å². The van der Waals surface area contributed by atoms with Crippen LogP contribution >= 0.6 is 0 Å². The zero-order valence-corrected chi connectivity index (χ0v) is 14.0. The smallest absolute Gasteiger partial charge is 0.246 e. The number of hydrogen-bond acceptors (Lipinski definition) is 2. The molecule has 0 aromatic carbocycles. The monoisotopic (exact) mass is 301 g/mol. The Bertz CT molecular complexity index is 568. The number of carbonyl (C=O) groups excluding carboxylic acids is 2. The molecule has 4 aliphatic rings. The van der Waals surface area contributed by atoms with Crippen molar-refractivity contribution in [2.45, 2.75) is 58.4 Å². The highest BCUT2D eigenvalue weighted by molar-refractivity contribution is 5.89. The van der Waals surface area contributed by atoms with Gasteiger partial charge in [-0.3, -0.25) is 9.59 Å². The topological polar surface area (TPSA) is 37.4 Å². The highest BCUT2D eigenvalue weighted by Gasteiger charge is 2.60. The predicted octanol–water partition coefficient (Wildman–Crippen LogP) is 3.19. The van der Waals surface area contributed by atoms with Crippen LogP contribution in [-0.2, 0) is 9.59 Å². The van der Waals surface area contributed by atoms with Crippen LogP contribution in [0, 0.1) is 28.6 Å². The molecule has 3 nitrogen and oxygen atoms in total.